The van der Waals surface area contributed by atoms with E-state index in [1.807, 2.05) is 4.90 Å². The molecule has 2 amide bonds. The number of piperidine rings is 1. The van der Waals surface area contributed by atoms with Gasteiger partial charge < -0.3 is 15.0 Å². The summed E-state index contributed by atoms with van der Waals surface area (Å²) in [6.45, 7) is 1.66. The van der Waals surface area contributed by atoms with Crippen LogP contribution in [0.25, 0.3) is 0 Å². The Kier molecular flexibility index (Phi) is 8.11. The SMILES string of the molecule is COC(=O)CCCNC(=O)c1csc(C2CCN(C(=O)Cc3ccc(F)cc3)CC2)n1. The smallest absolute Gasteiger partial charge is 0.305 e. The molecular weight excluding hydrogens is 421 g/mol. The Morgan fingerprint density at radius 3 is 2.61 bits per heavy atom. The Hall–Kier alpha value is -2.81. The number of hydrogen-bond donors (Lipinski definition) is 1. The van der Waals surface area contributed by atoms with Crippen LogP contribution in [0.2, 0.25) is 0 Å². The lowest BCUT2D eigenvalue weighted by Gasteiger charge is -2.31. The molecule has 1 aliphatic heterocycles. The normalized spacial score (nSPS) is 14.3. The van der Waals surface area contributed by atoms with E-state index in [0.717, 1.165) is 23.4 Å². The van der Waals surface area contributed by atoms with Gasteiger partial charge in [0.15, 0.2) is 0 Å². The summed E-state index contributed by atoms with van der Waals surface area (Å²) in [6, 6.07) is 6.00. The van der Waals surface area contributed by atoms with Crippen LogP contribution in [0.1, 0.15) is 52.7 Å². The predicted octanol–water partition coefficient (Wildman–Crippen LogP) is 2.91. The third kappa shape index (κ3) is 6.58. The number of amides is 2. The molecule has 166 valence electrons. The highest BCUT2D eigenvalue weighted by molar-refractivity contribution is 7.09. The Bertz CT molecular complexity index is 908. The number of nitrogens with zero attached hydrogens (tertiary/aromatic N) is 2. The molecule has 1 saturated heterocycles. The first-order chi connectivity index (χ1) is 15.0. The van der Waals surface area contributed by atoms with Crippen LogP contribution >= 0.6 is 11.3 Å². The number of hydrogen-bond acceptors (Lipinski definition) is 6. The number of esters is 1. The molecule has 1 fully saturated rings. The highest BCUT2D eigenvalue weighted by atomic mass is 32.1. The molecule has 1 aromatic carbocycles. The van der Waals surface area contributed by atoms with Gasteiger partial charge in [-0.15, -0.1) is 11.3 Å². The summed E-state index contributed by atoms with van der Waals surface area (Å²) in [4.78, 5) is 42.2. The number of benzene rings is 1. The number of nitrogens with one attached hydrogen (secondary N) is 1. The number of methoxy groups -OCH3 is 1. The van der Waals surface area contributed by atoms with E-state index < -0.39 is 0 Å². The molecule has 0 aliphatic carbocycles. The molecule has 0 unspecified atom stereocenters. The molecule has 0 atom stereocenters. The fourth-order valence-electron chi connectivity index (χ4n) is 3.47. The molecule has 0 saturated carbocycles. The minimum atomic E-state index is -0.310. The van der Waals surface area contributed by atoms with E-state index in [4.69, 9.17) is 0 Å². The van der Waals surface area contributed by atoms with Crippen molar-refractivity contribution in [3.63, 3.8) is 0 Å². The zero-order valence-electron chi connectivity index (χ0n) is 17.4. The molecule has 1 N–H and O–H groups in total. The minimum Gasteiger partial charge on any atom is -0.469 e. The van der Waals surface area contributed by atoms with Gasteiger partial charge in [0.05, 0.1) is 18.5 Å². The van der Waals surface area contributed by atoms with Crippen LogP contribution in [0.5, 0.6) is 0 Å². The minimum absolute atomic E-state index is 0.0382. The fourth-order valence-corrected chi connectivity index (χ4v) is 4.44. The van der Waals surface area contributed by atoms with Gasteiger partial charge in [0.25, 0.3) is 5.91 Å². The van der Waals surface area contributed by atoms with Gasteiger partial charge in [-0.25, -0.2) is 9.37 Å². The van der Waals surface area contributed by atoms with Gasteiger partial charge in [-0.05, 0) is 37.0 Å². The maximum absolute atomic E-state index is 13.0. The highest BCUT2D eigenvalue weighted by Gasteiger charge is 2.26. The molecule has 0 radical (unpaired) electrons. The summed E-state index contributed by atoms with van der Waals surface area (Å²) in [7, 11) is 1.34. The summed E-state index contributed by atoms with van der Waals surface area (Å²) >= 11 is 1.46. The molecule has 1 aromatic heterocycles. The van der Waals surface area contributed by atoms with Crippen LogP contribution < -0.4 is 5.32 Å². The number of ether oxygens (including phenoxy) is 1. The molecule has 0 spiro atoms. The first-order valence-electron chi connectivity index (χ1n) is 10.3. The Labute approximate surface area is 184 Å². The van der Waals surface area contributed by atoms with Crippen molar-refractivity contribution in [2.24, 2.45) is 0 Å². The third-order valence-electron chi connectivity index (χ3n) is 5.29. The van der Waals surface area contributed by atoms with Crippen molar-refractivity contribution in [2.75, 3.05) is 26.7 Å². The third-order valence-corrected chi connectivity index (χ3v) is 6.30. The van der Waals surface area contributed by atoms with E-state index in [0.29, 0.717) is 31.7 Å². The molecule has 3 rings (SSSR count). The van der Waals surface area contributed by atoms with Crippen LogP contribution in [0, 0.1) is 5.82 Å². The van der Waals surface area contributed by atoms with Gasteiger partial charge in [-0.1, -0.05) is 12.1 Å². The van der Waals surface area contributed by atoms with Crippen molar-refractivity contribution >= 4 is 29.1 Å². The van der Waals surface area contributed by atoms with Crippen molar-refractivity contribution in [3.8, 4) is 0 Å². The van der Waals surface area contributed by atoms with Crippen LogP contribution in [0.3, 0.4) is 0 Å². The predicted molar refractivity (Wildman–Crippen MR) is 114 cm³/mol. The van der Waals surface area contributed by atoms with Gasteiger partial charge in [-0.2, -0.15) is 0 Å². The average Bonchev–Trinajstić information content (AvgIpc) is 3.28. The second-order valence-corrected chi connectivity index (χ2v) is 8.35. The number of halogens is 1. The molecule has 2 aromatic rings. The number of thiazole rings is 1. The first kappa shape index (κ1) is 22.9. The summed E-state index contributed by atoms with van der Waals surface area (Å²) < 4.78 is 17.6. The quantitative estimate of drug-likeness (QED) is 0.497. The Morgan fingerprint density at radius 1 is 1.23 bits per heavy atom. The second kappa shape index (κ2) is 11.0. The molecular formula is C22H26FN3O4S. The van der Waals surface area contributed by atoms with Crippen molar-refractivity contribution < 1.29 is 23.5 Å². The Balaban J connectivity index is 1.44. The number of likely N-dealkylation sites (tertiary alicyclic amines) is 1. The molecule has 7 nitrogen and oxygen atoms in total. The lowest BCUT2D eigenvalue weighted by Crippen LogP contribution is -2.38. The maximum Gasteiger partial charge on any atom is 0.305 e. The highest BCUT2D eigenvalue weighted by Crippen LogP contribution is 2.30. The van der Waals surface area contributed by atoms with Crippen molar-refractivity contribution in [2.45, 2.75) is 38.0 Å². The summed E-state index contributed by atoms with van der Waals surface area (Å²) in [5.74, 6) is -0.598. The van der Waals surface area contributed by atoms with E-state index in [1.54, 1.807) is 17.5 Å². The zero-order valence-corrected chi connectivity index (χ0v) is 18.3. The first-order valence-corrected chi connectivity index (χ1v) is 11.2. The van der Waals surface area contributed by atoms with Crippen LogP contribution in [-0.4, -0.2) is 54.4 Å². The van der Waals surface area contributed by atoms with Crippen LogP contribution in [0.4, 0.5) is 4.39 Å². The lowest BCUT2D eigenvalue weighted by molar-refractivity contribution is -0.140. The topological polar surface area (TPSA) is 88.6 Å². The van der Waals surface area contributed by atoms with Gasteiger partial charge in [0.2, 0.25) is 5.91 Å². The summed E-state index contributed by atoms with van der Waals surface area (Å²) in [6.07, 6.45) is 2.63. The van der Waals surface area contributed by atoms with E-state index in [2.05, 4.69) is 15.0 Å². The summed E-state index contributed by atoms with van der Waals surface area (Å²) in [5.41, 5.74) is 1.18. The number of rotatable bonds is 8. The number of carbonyl (C=O) groups excluding carboxylic acids is 3. The summed E-state index contributed by atoms with van der Waals surface area (Å²) in [5, 5.41) is 5.42. The molecule has 0 bridgehead atoms. The lowest BCUT2D eigenvalue weighted by atomic mass is 9.97. The molecule has 31 heavy (non-hydrogen) atoms. The van der Waals surface area contributed by atoms with Crippen LogP contribution in [-0.2, 0) is 20.7 Å². The van der Waals surface area contributed by atoms with Gasteiger partial charge >= 0.3 is 5.97 Å². The van der Waals surface area contributed by atoms with Crippen molar-refractivity contribution in [1.82, 2.24) is 15.2 Å². The monoisotopic (exact) mass is 447 g/mol. The molecule has 2 heterocycles. The van der Waals surface area contributed by atoms with E-state index in [-0.39, 0.29) is 42.4 Å². The van der Waals surface area contributed by atoms with E-state index >= 15 is 0 Å². The van der Waals surface area contributed by atoms with E-state index in [9.17, 15) is 18.8 Å². The van der Waals surface area contributed by atoms with E-state index in [1.165, 1.54) is 30.6 Å². The van der Waals surface area contributed by atoms with Gasteiger partial charge in [-0.3, -0.25) is 14.4 Å². The van der Waals surface area contributed by atoms with Crippen molar-refractivity contribution in [3.05, 3.63) is 51.7 Å². The second-order valence-electron chi connectivity index (χ2n) is 7.46. The molecule has 1 aliphatic rings. The maximum atomic E-state index is 13.0. The fraction of sp³-hybridized carbons (Fsp3) is 0.455. The molecule has 9 heteroatoms. The average molecular weight is 448 g/mol. The number of aromatic nitrogens is 1. The standard InChI is InChI=1S/C22H26FN3O4S/c1-30-20(28)3-2-10-24-21(29)18-14-31-22(25-18)16-8-11-26(12-9-16)19(27)13-15-4-6-17(23)7-5-15/h4-7,14,16H,2-3,8-13H2,1H3,(H,24,29). The largest absolute Gasteiger partial charge is 0.469 e. The van der Waals surface area contributed by atoms with Gasteiger partial charge in [0, 0.05) is 37.4 Å². The Morgan fingerprint density at radius 2 is 1.94 bits per heavy atom. The zero-order chi connectivity index (χ0) is 22.2. The van der Waals surface area contributed by atoms with Crippen LogP contribution in [0.15, 0.2) is 29.6 Å². The van der Waals surface area contributed by atoms with Gasteiger partial charge in [0.1, 0.15) is 11.5 Å². The van der Waals surface area contributed by atoms with Crippen molar-refractivity contribution in [1.29, 1.82) is 0 Å². The number of carbonyl (C=O) groups is 3.